The summed E-state index contributed by atoms with van der Waals surface area (Å²) >= 11 is 0. The first-order valence-corrected chi connectivity index (χ1v) is 7.69. The van der Waals surface area contributed by atoms with E-state index in [1.807, 2.05) is 4.90 Å². The standard InChI is InChI=1S/C15H31N.ClH/c1-3-4-5-6-7-8-10-13-16-14-11-9-12-15(16)2;/h15H,3-14H2,1-2H3;1H. The number of halogens is 1. The molecule has 1 aliphatic heterocycles. The molecule has 0 saturated carbocycles. The Morgan fingerprint density at radius 1 is 0.941 bits per heavy atom. The zero-order chi connectivity index (χ0) is 11.6. The summed E-state index contributed by atoms with van der Waals surface area (Å²) in [4.78, 5) is 1.89. The van der Waals surface area contributed by atoms with Crippen molar-refractivity contribution in [3.05, 3.63) is 0 Å². The van der Waals surface area contributed by atoms with Crippen molar-refractivity contribution in [1.29, 1.82) is 0 Å². The highest BCUT2D eigenvalue weighted by molar-refractivity contribution is 4.55. The number of likely N-dealkylation sites (tertiary alicyclic amines) is 1. The topological polar surface area (TPSA) is 4.44 Å². The van der Waals surface area contributed by atoms with Gasteiger partial charge in [-0.1, -0.05) is 39.0 Å². The van der Waals surface area contributed by atoms with Gasteiger partial charge in [0.25, 0.3) is 0 Å². The summed E-state index contributed by atoms with van der Waals surface area (Å²) in [6, 6.07) is 0.939. The van der Waals surface area contributed by atoms with E-state index in [1.165, 1.54) is 77.3 Å². The average molecular weight is 262 g/mol. The normalized spacial score (nSPS) is 24.4. The Hall–Kier alpha value is 0.250. The summed E-state index contributed by atoms with van der Waals surface area (Å²) in [5.74, 6) is 0. The predicted molar refractivity (Wildman–Crippen MR) is 72.0 cm³/mol. The number of piperidine rings is 1. The zero-order valence-electron chi connectivity index (χ0n) is 11.9. The van der Waals surface area contributed by atoms with E-state index in [0.717, 1.165) is 6.04 Å². The van der Waals surface area contributed by atoms with Crippen LogP contribution in [0.2, 0.25) is 0 Å². The van der Waals surface area contributed by atoms with Gasteiger partial charge in [0.15, 0.2) is 0 Å². The minimum Gasteiger partial charge on any atom is -1.00 e. The minimum absolute atomic E-state index is 0. The molecule has 0 aromatic heterocycles. The van der Waals surface area contributed by atoms with Gasteiger partial charge in [-0.05, 0) is 39.0 Å². The second-order valence-corrected chi connectivity index (χ2v) is 5.68. The van der Waals surface area contributed by atoms with E-state index >= 15 is 0 Å². The molecule has 1 nitrogen and oxygen atoms in total. The molecule has 2 unspecified atom stereocenters. The zero-order valence-corrected chi connectivity index (χ0v) is 12.7. The largest absolute Gasteiger partial charge is 1.00 e. The van der Waals surface area contributed by atoms with Crippen LogP contribution in [0.25, 0.3) is 0 Å². The van der Waals surface area contributed by atoms with Gasteiger partial charge in [-0.2, -0.15) is 0 Å². The van der Waals surface area contributed by atoms with Crippen molar-refractivity contribution in [3.63, 3.8) is 0 Å². The van der Waals surface area contributed by atoms with Crippen LogP contribution in [-0.2, 0) is 0 Å². The molecule has 0 spiro atoms. The van der Waals surface area contributed by atoms with Crippen LogP contribution >= 0.6 is 0 Å². The summed E-state index contributed by atoms with van der Waals surface area (Å²) in [7, 11) is 0. The predicted octanol–water partition coefficient (Wildman–Crippen LogP) is 0.198. The smallest absolute Gasteiger partial charge is 0.0846 e. The quantitative estimate of drug-likeness (QED) is 0.596. The fourth-order valence-corrected chi connectivity index (χ4v) is 2.93. The molecule has 104 valence electrons. The van der Waals surface area contributed by atoms with Crippen molar-refractivity contribution in [1.82, 2.24) is 0 Å². The van der Waals surface area contributed by atoms with Gasteiger partial charge >= 0.3 is 0 Å². The first-order valence-electron chi connectivity index (χ1n) is 7.69. The van der Waals surface area contributed by atoms with Crippen LogP contribution in [-0.4, -0.2) is 19.1 Å². The van der Waals surface area contributed by atoms with Gasteiger partial charge in [0, 0.05) is 0 Å². The van der Waals surface area contributed by atoms with Crippen LogP contribution in [0.15, 0.2) is 0 Å². The second kappa shape index (κ2) is 11.3. The van der Waals surface area contributed by atoms with Crippen molar-refractivity contribution in [2.45, 2.75) is 84.1 Å². The number of nitrogens with one attached hydrogen (secondary N) is 1. The number of hydrogen-bond acceptors (Lipinski definition) is 0. The van der Waals surface area contributed by atoms with E-state index in [1.54, 1.807) is 0 Å². The van der Waals surface area contributed by atoms with Gasteiger partial charge in [-0.25, -0.2) is 0 Å². The highest BCUT2D eigenvalue weighted by atomic mass is 35.5. The first kappa shape index (κ1) is 17.2. The van der Waals surface area contributed by atoms with Crippen LogP contribution in [0.1, 0.15) is 78.1 Å². The van der Waals surface area contributed by atoms with Crippen LogP contribution < -0.4 is 17.3 Å². The molecule has 0 aromatic carbocycles. The third-order valence-electron chi connectivity index (χ3n) is 4.18. The summed E-state index contributed by atoms with van der Waals surface area (Å²) in [6.07, 6.45) is 14.6. The van der Waals surface area contributed by atoms with E-state index in [4.69, 9.17) is 0 Å². The lowest BCUT2D eigenvalue weighted by Gasteiger charge is -2.30. The molecular weight excluding hydrogens is 230 g/mol. The number of rotatable bonds is 8. The Morgan fingerprint density at radius 2 is 1.59 bits per heavy atom. The van der Waals surface area contributed by atoms with Crippen molar-refractivity contribution in [2.75, 3.05) is 13.1 Å². The molecule has 2 heteroatoms. The average Bonchev–Trinajstić information content (AvgIpc) is 2.30. The Balaban J connectivity index is 0.00000256. The molecule has 1 fully saturated rings. The van der Waals surface area contributed by atoms with Crippen molar-refractivity contribution in [2.24, 2.45) is 0 Å². The molecule has 2 atom stereocenters. The lowest BCUT2D eigenvalue weighted by molar-refractivity contribution is -0.928. The fourth-order valence-electron chi connectivity index (χ4n) is 2.93. The van der Waals surface area contributed by atoms with Gasteiger partial charge in [-0.3, -0.25) is 0 Å². The highest BCUT2D eigenvalue weighted by Crippen LogP contribution is 2.07. The molecule has 0 radical (unpaired) electrons. The van der Waals surface area contributed by atoms with Crippen molar-refractivity contribution in [3.8, 4) is 0 Å². The molecule has 0 amide bonds. The van der Waals surface area contributed by atoms with Gasteiger partial charge in [0.05, 0.1) is 19.1 Å². The lowest BCUT2D eigenvalue weighted by Crippen LogP contribution is -3.16. The molecule has 1 heterocycles. The molecular formula is C15H32ClN. The van der Waals surface area contributed by atoms with Gasteiger partial charge < -0.3 is 17.3 Å². The van der Waals surface area contributed by atoms with Crippen molar-refractivity contribution < 1.29 is 17.3 Å². The SMILES string of the molecule is CCCCCCCCC[NH+]1CCCCC1C.[Cl-]. The molecule has 0 bridgehead atoms. The molecule has 1 rings (SSSR count). The molecule has 0 aliphatic carbocycles. The summed E-state index contributed by atoms with van der Waals surface area (Å²) in [5.41, 5.74) is 0. The van der Waals surface area contributed by atoms with Gasteiger partial charge in [-0.15, -0.1) is 0 Å². The highest BCUT2D eigenvalue weighted by Gasteiger charge is 2.20. The van der Waals surface area contributed by atoms with Gasteiger partial charge in [0.2, 0.25) is 0 Å². The van der Waals surface area contributed by atoms with Gasteiger partial charge in [0.1, 0.15) is 0 Å². The van der Waals surface area contributed by atoms with E-state index in [9.17, 15) is 0 Å². The Morgan fingerprint density at radius 3 is 2.24 bits per heavy atom. The number of hydrogen-bond donors (Lipinski definition) is 1. The maximum atomic E-state index is 2.44. The van der Waals surface area contributed by atoms with Crippen LogP contribution in [0.3, 0.4) is 0 Å². The molecule has 0 aromatic rings. The lowest BCUT2D eigenvalue weighted by atomic mass is 10.0. The molecule has 1 N–H and O–H groups in total. The second-order valence-electron chi connectivity index (χ2n) is 5.68. The fraction of sp³-hybridized carbons (Fsp3) is 1.00. The first-order chi connectivity index (χ1) is 7.84. The number of quaternary nitrogens is 1. The Labute approximate surface area is 115 Å². The summed E-state index contributed by atoms with van der Waals surface area (Å²) < 4.78 is 0. The van der Waals surface area contributed by atoms with Crippen LogP contribution in [0.5, 0.6) is 0 Å². The van der Waals surface area contributed by atoms with E-state index in [2.05, 4.69) is 13.8 Å². The Bertz CT molecular complexity index is 161. The minimum atomic E-state index is 0. The van der Waals surface area contributed by atoms with Crippen molar-refractivity contribution >= 4 is 0 Å². The van der Waals surface area contributed by atoms with E-state index in [0.29, 0.717) is 0 Å². The van der Waals surface area contributed by atoms with E-state index in [-0.39, 0.29) is 12.4 Å². The molecule has 17 heavy (non-hydrogen) atoms. The number of unbranched alkanes of at least 4 members (excludes halogenated alkanes) is 6. The van der Waals surface area contributed by atoms with Crippen LogP contribution in [0.4, 0.5) is 0 Å². The molecule has 1 aliphatic rings. The summed E-state index contributed by atoms with van der Waals surface area (Å²) in [5, 5.41) is 0. The maximum absolute atomic E-state index is 2.44. The monoisotopic (exact) mass is 261 g/mol. The van der Waals surface area contributed by atoms with Crippen LogP contribution in [0, 0.1) is 0 Å². The summed E-state index contributed by atoms with van der Waals surface area (Å²) in [6.45, 7) is 7.61. The Kier molecular flexibility index (Phi) is 11.5. The maximum Gasteiger partial charge on any atom is 0.0846 e. The molecule has 1 saturated heterocycles. The van der Waals surface area contributed by atoms with E-state index < -0.39 is 0 Å². The third-order valence-corrected chi connectivity index (χ3v) is 4.18. The third kappa shape index (κ3) is 8.05.